The van der Waals surface area contributed by atoms with Gasteiger partial charge >= 0.3 is 0 Å². The number of para-hydroxylation sites is 2. The molecule has 0 fully saturated rings. The maximum absolute atomic E-state index is 6.25. The molecular formula is C33H25NO. The monoisotopic (exact) mass is 451 g/mol. The molecule has 0 bridgehead atoms. The van der Waals surface area contributed by atoms with Crippen LogP contribution in [0.3, 0.4) is 0 Å². The molecule has 0 saturated carbocycles. The van der Waals surface area contributed by atoms with E-state index >= 15 is 0 Å². The van der Waals surface area contributed by atoms with Crippen LogP contribution in [0, 0.1) is 0 Å². The third-order valence-corrected chi connectivity index (χ3v) is 7.46. The second kappa shape index (κ2) is 7.35. The van der Waals surface area contributed by atoms with Crippen LogP contribution in [0.15, 0.2) is 114 Å². The average molecular weight is 452 g/mol. The molecule has 0 aliphatic heterocycles. The summed E-state index contributed by atoms with van der Waals surface area (Å²) in [5, 5.41) is 6.02. The van der Waals surface area contributed by atoms with Crippen molar-refractivity contribution >= 4 is 33.3 Å². The Morgan fingerprint density at radius 3 is 2.17 bits per heavy atom. The molecule has 168 valence electrons. The van der Waals surface area contributed by atoms with Crippen LogP contribution in [0.5, 0.6) is 0 Å². The number of fused-ring (bicyclic) bond motifs is 6. The molecule has 0 radical (unpaired) electrons. The minimum atomic E-state index is -0.0492. The zero-order valence-corrected chi connectivity index (χ0v) is 19.8. The quantitative estimate of drug-likeness (QED) is 0.290. The van der Waals surface area contributed by atoms with Crippen molar-refractivity contribution in [2.24, 2.45) is 0 Å². The van der Waals surface area contributed by atoms with Crippen molar-refractivity contribution in [1.29, 1.82) is 0 Å². The van der Waals surface area contributed by atoms with Gasteiger partial charge in [-0.1, -0.05) is 98.8 Å². The zero-order valence-electron chi connectivity index (χ0n) is 19.8. The summed E-state index contributed by atoms with van der Waals surface area (Å²) in [6.45, 7) is 4.64. The van der Waals surface area contributed by atoms with E-state index in [0.717, 1.165) is 44.4 Å². The van der Waals surface area contributed by atoms with Gasteiger partial charge in [0.05, 0.1) is 0 Å². The first kappa shape index (κ1) is 20.1. The van der Waals surface area contributed by atoms with Gasteiger partial charge in [0.15, 0.2) is 0 Å². The predicted octanol–water partition coefficient (Wildman–Crippen LogP) is 9.30. The Balaban J connectivity index is 1.26. The number of hydrogen-bond acceptors (Lipinski definition) is 2. The smallest absolute Gasteiger partial charge is 0.143 e. The number of anilines is 2. The number of rotatable bonds is 3. The van der Waals surface area contributed by atoms with Crippen molar-refractivity contribution in [3.8, 4) is 22.3 Å². The number of hydrogen-bond donors (Lipinski definition) is 1. The van der Waals surface area contributed by atoms with E-state index in [4.69, 9.17) is 4.42 Å². The number of nitrogens with one attached hydrogen (secondary N) is 1. The molecule has 1 aliphatic carbocycles. The lowest BCUT2D eigenvalue weighted by Gasteiger charge is -2.24. The van der Waals surface area contributed by atoms with E-state index in [1.165, 1.54) is 22.3 Å². The first-order chi connectivity index (χ1) is 17.1. The Hall–Kier alpha value is -4.30. The van der Waals surface area contributed by atoms with Gasteiger partial charge in [0.1, 0.15) is 11.2 Å². The van der Waals surface area contributed by atoms with E-state index < -0.39 is 0 Å². The molecule has 0 amide bonds. The number of furan rings is 1. The van der Waals surface area contributed by atoms with Crippen molar-refractivity contribution in [1.82, 2.24) is 0 Å². The molecule has 1 aliphatic rings. The minimum Gasteiger partial charge on any atom is -0.455 e. The highest BCUT2D eigenvalue weighted by atomic mass is 16.3. The predicted molar refractivity (Wildman–Crippen MR) is 146 cm³/mol. The summed E-state index contributed by atoms with van der Waals surface area (Å²) in [7, 11) is 0. The summed E-state index contributed by atoms with van der Waals surface area (Å²) in [5.74, 6) is 0. The third kappa shape index (κ3) is 2.96. The van der Waals surface area contributed by atoms with E-state index in [-0.39, 0.29) is 5.41 Å². The summed E-state index contributed by atoms with van der Waals surface area (Å²) in [4.78, 5) is 0. The van der Waals surface area contributed by atoms with E-state index in [1.807, 2.05) is 12.1 Å². The third-order valence-electron chi connectivity index (χ3n) is 7.46. The van der Waals surface area contributed by atoms with Gasteiger partial charge in [0, 0.05) is 33.1 Å². The lowest BCUT2D eigenvalue weighted by molar-refractivity contribution is 0.662. The van der Waals surface area contributed by atoms with Crippen LogP contribution in [0.4, 0.5) is 11.4 Å². The highest BCUT2D eigenvalue weighted by molar-refractivity contribution is 6.09. The molecule has 0 saturated heterocycles. The summed E-state index contributed by atoms with van der Waals surface area (Å²) in [6.07, 6.45) is 0. The first-order valence-corrected chi connectivity index (χ1v) is 12.1. The number of benzene rings is 5. The van der Waals surface area contributed by atoms with Gasteiger partial charge in [-0.25, -0.2) is 0 Å². The molecule has 1 N–H and O–H groups in total. The summed E-state index contributed by atoms with van der Waals surface area (Å²) >= 11 is 0. The molecule has 7 rings (SSSR count). The highest BCUT2D eigenvalue weighted by Crippen LogP contribution is 2.51. The van der Waals surface area contributed by atoms with Crippen LogP contribution in [0.25, 0.3) is 44.2 Å². The van der Waals surface area contributed by atoms with Gasteiger partial charge < -0.3 is 9.73 Å². The molecule has 1 heterocycles. The van der Waals surface area contributed by atoms with Gasteiger partial charge in [0.2, 0.25) is 0 Å². The van der Waals surface area contributed by atoms with E-state index in [0.29, 0.717) is 0 Å². The first-order valence-electron chi connectivity index (χ1n) is 12.1. The van der Waals surface area contributed by atoms with Crippen molar-refractivity contribution in [2.45, 2.75) is 19.3 Å². The van der Waals surface area contributed by atoms with Crippen LogP contribution < -0.4 is 5.32 Å². The lowest BCUT2D eigenvalue weighted by atomic mass is 9.81. The fraction of sp³-hybridized carbons (Fsp3) is 0.0909. The van der Waals surface area contributed by atoms with Gasteiger partial charge in [-0.2, -0.15) is 0 Å². The summed E-state index contributed by atoms with van der Waals surface area (Å²) in [6, 6.07) is 38.6. The van der Waals surface area contributed by atoms with Crippen LogP contribution in [0.1, 0.15) is 25.0 Å². The second-order valence-electron chi connectivity index (χ2n) is 9.88. The van der Waals surface area contributed by atoms with Gasteiger partial charge in [-0.15, -0.1) is 0 Å². The fourth-order valence-corrected chi connectivity index (χ4v) is 5.82. The molecule has 0 atom stereocenters. The zero-order chi connectivity index (χ0) is 23.6. The van der Waals surface area contributed by atoms with Crippen LogP contribution in [-0.4, -0.2) is 0 Å². The highest BCUT2D eigenvalue weighted by Gasteiger charge is 2.37. The molecular weight excluding hydrogens is 426 g/mol. The SMILES string of the molecule is CC1(C)c2ccccc2-c2cccc(Nc3ccc(-c4cccc5c4oc4ccccc45)cc3)c21. The van der Waals surface area contributed by atoms with Gasteiger partial charge in [-0.3, -0.25) is 0 Å². The molecule has 1 aromatic heterocycles. The Morgan fingerprint density at radius 1 is 0.600 bits per heavy atom. The van der Waals surface area contributed by atoms with Crippen molar-refractivity contribution in [3.05, 3.63) is 120 Å². The van der Waals surface area contributed by atoms with Crippen LogP contribution >= 0.6 is 0 Å². The maximum Gasteiger partial charge on any atom is 0.143 e. The average Bonchev–Trinajstić information content (AvgIpc) is 3.38. The Morgan fingerprint density at radius 2 is 1.29 bits per heavy atom. The lowest BCUT2D eigenvalue weighted by Crippen LogP contribution is -2.16. The summed E-state index contributed by atoms with van der Waals surface area (Å²) < 4.78 is 6.25. The Kier molecular flexibility index (Phi) is 4.22. The van der Waals surface area contributed by atoms with Gasteiger partial charge in [0.25, 0.3) is 0 Å². The molecule has 35 heavy (non-hydrogen) atoms. The normalized spacial score (nSPS) is 13.7. The Bertz CT molecular complexity index is 1740. The molecule has 6 aromatic rings. The minimum absolute atomic E-state index is 0.0492. The largest absolute Gasteiger partial charge is 0.455 e. The van der Waals surface area contributed by atoms with Crippen molar-refractivity contribution in [2.75, 3.05) is 5.32 Å². The topological polar surface area (TPSA) is 25.2 Å². The van der Waals surface area contributed by atoms with E-state index in [1.54, 1.807) is 0 Å². The van der Waals surface area contributed by atoms with Crippen molar-refractivity contribution < 1.29 is 4.42 Å². The molecule has 2 heteroatoms. The standard InChI is InChI=1S/C33H25NO/c1-33(2)28-14-5-3-9-24(28)26-12-8-15-29(31(26)33)34-22-19-17-21(18-20-22)23-11-7-13-27-25-10-4-6-16-30(25)35-32(23)27/h3-20,34H,1-2H3. The molecule has 0 unspecified atom stereocenters. The molecule has 5 aromatic carbocycles. The summed E-state index contributed by atoms with van der Waals surface area (Å²) in [5.41, 5.74) is 11.7. The molecule has 2 nitrogen and oxygen atoms in total. The van der Waals surface area contributed by atoms with E-state index in [2.05, 4.69) is 116 Å². The Labute approximate surface area is 204 Å². The second-order valence-corrected chi connectivity index (χ2v) is 9.88. The van der Waals surface area contributed by atoms with E-state index in [9.17, 15) is 0 Å². The maximum atomic E-state index is 6.25. The molecule has 0 spiro atoms. The fourth-order valence-electron chi connectivity index (χ4n) is 5.82. The van der Waals surface area contributed by atoms with Crippen LogP contribution in [0.2, 0.25) is 0 Å². The van der Waals surface area contributed by atoms with Gasteiger partial charge in [-0.05, 0) is 52.1 Å². The van der Waals surface area contributed by atoms with Crippen molar-refractivity contribution in [3.63, 3.8) is 0 Å². The van der Waals surface area contributed by atoms with Crippen LogP contribution in [-0.2, 0) is 5.41 Å².